The number of esters is 1. The van der Waals surface area contributed by atoms with E-state index in [1.54, 1.807) is 0 Å². The summed E-state index contributed by atoms with van der Waals surface area (Å²) in [5.74, 6) is 1.26. The summed E-state index contributed by atoms with van der Waals surface area (Å²) < 4.78 is 5.23. The Kier molecular flexibility index (Phi) is 6.78. The van der Waals surface area contributed by atoms with Crippen LogP contribution in [-0.4, -0.2) is 23.6 Å². The van der Waals surface area contributed by atoms with Crippen molar-refractivity contribution < 1.29 is 9.53 Å². The Bertz CT molecular complexity index is 230. The third-order valence-electron chi connectivity index (χ3n) is 2.55. The molecule has 0 radical (unpaired) electrons. The van der Waals surface area contributed by atoms with Crippen molar-refractivity contribution in [2.75, 3.05) is 12.4 Å². The monoisotopic (exact) mass is 276 g/mol. The second-order valence-electron chi connectivity index (χ2n) is 5.80. The lowest BCUT2D eigenvalue weighted by Crippen LogP contribution is -2.18. The van der Waals surface area contributed by atoms with Crippen LogP contribution in [0.3, 0.4) is 0 Å². The standard InChI is InChI=1S/C13H24O2S2/c1-13(2,3)10-15-12(14)7-5-4-6-11-8-9-16-17-11/h11H,4-10H2,1-3H3. The Morgan fingerprint density at radius 3 is 2.71 bits per heavy atom. The summed E-state index contributed by atoms with van der Waals surface area (Å²) in [5.41, 5.74) is 0.0768. The van der Waals surface area contributed by atoms with Crippen LogP contribution in [0.1, 0.15) is 52.9 Å². The second kappa shape index (κ2) is 7.57. The third kappa shape index (κ3) is 7.98. The number of carbonyl (C=O) groups excluding carboxylic acids is 1. The van der Waals surface area contributed by atoms with E-state index >= 15 is 0 Å². The summed E-state index contributed by atoms with van der Waals surface area (Å²) in [5, 5.41) is 0.825. The van der Waals surface area contributed by atoms with Crippen LogP contribution in [0.25, 0.3) is 0 Å². The molecule has 0 saturated carbocycles. The number of hydrogen-bond acceptors (Lipinski definition) is 4. The van der Waals surface area contributed by atoms with E-state index in [2.05, 4.69) is 20.8 Å². The lowest BCUT2D eigenvalue weighted by atomic mass is 9.99. The molecule has 4 heteroatoms. The zero-order chi connectivity index (χ0) is 12.7. The highest BCUT2D eigenvalue weighted by molar-refractivity contribution is 8.77. The number of rotatable bonds is 6. The van der Waals surface area contributed by atoms with Gasteiger partial charge in [0, 0.05) is 17.4 Å². The van der Waals surface area contributed by atoms with Crippen molar-refractivity contribution in [2.24, 2.45) is 5.41 Å². The summed E-state index contributed by atoms with van der Waals surface area (Å²) in [6.07, 6.45) is 5.31. The fraction of sp³-hybridized carbons (Fsp3) is 0.923. The van der Waals surface area contributed by atoms with Gasteiger partial charge in [-0.05, 0) is 24.7 Å². The van der Waals surface area contributed by atoms with Crippen molar-refractivity contribution in [2.45, 2.75) is 58.1 Å². The smallest absolute Gasteiger partial charge is 0.305 e. The minimum atomic E-state index is -0.0339. The molecule has 0 N–H and O–H groups in total. The van der Waals surface area contributed by atoms with Crippen molar-refractivity contribution in [3.8, 4) is 0 Å². The van der Waals surface area contributed by atoms with Crippen LogP contribution in [0.2, 0.25) is 0 Å². The maximum atomic E-state index is 11.5. The highest BCUT2D eigenvalue weighted by Gasteiger charge is 2.16. The average molecular weight is 276 g/mol. The quantitative estimate of drug-likeness (QED) is 0.411. The first kappa shape index (κ1) is 15.2. The number of carbonyl (C=O) groups is 1. The molecule has 1 atom stereocenters. The molecule has 2 nitrogen and oxygen atoms in total. The van der Waals surface area contributed by atoms with Crippen LogP contribution in [0, 0.1) is 5.41 Å². The summed E-state index contributed by atoms with van der Waals surface area (Å²) in [6.45, 7) is 6.76. The molecule has 1 aliphatic rings. The van der Waals surface area contributed by atoms with Crippen molar-refractivity contribution >= 4 is 27.6 Å². The zero-order valence-corrected chi connectivity index (χ0v) is 12.8. The van der Waals surface area contributed by atoms with E-state index < -0.39 is 0 Å². The molecule has 0 aromatic heterocycles. The highest BCUT2D eigenvalue weighted by Crippen LogP contribution is 2.39. The molecule has 1 rings (SSSR count). The van der Waals surface area contributed by atoms with E-state index in [9.17, 15) is 4.79 Å². The van der Waals surface area contributed by atoms with Gasteiger partial charge in [-0.25, -0.2) is 0 Å². The SMILES string of the molecule is CC(C)(C)COC(=O)CCCCC1CCSS1. The van der Waals surface area contributed by atoms with Crippen LogP contribution in [0.4, 0.5) is 0 Å². The Morgan fingerprint density at radius 1 is 1.35 bits per heavy atom. The van der Waals surface area contributed by atoms with Crippen LogP contribution in [0.5, 0.6) is 0 Å². The molecule has 0 amide bonds. The molecule has 0 bridgehead atoms. The maximum absolute atomic E-state index is 11.5. The summed E-state index contributed by atoms with van der Waals surface area (Å²) in [7, 11) is 4.00. The molecular weight excluding hydrogens is 252 g/mol. The second-order valence-corrected chi connectivity index (χ2v) is 8.58. The van der Waals surface area contributed by atoms with Gasteiger partial charge in [-0.2, -0.15) is 0 Å². The fourth-order valence-electron chi connectivity index (χ4n) is 1.57. The van der Waals surface area contributed by atoms with E-state index in [-0.39, 0.29) is 11.4 Å². The van der Waals surface area contributed by atoms with Gasteiger partial charge in [-0.1, -0.05) is 48.8 Å². The number of ether oxygens (including phenoxy) is 1. The van der Waals surface area contributed by atoms with Crippen molar-refractivity contribution in [1.29, 1.82) is 0 Å². The van der Waals surface area contributed by atoms with Gasteiger partial charge in [-0.15, -0.1) is 0 Å². The molecule has 0 aliphatic carbocycles. The van der Waals surface area contributed by atoms with E-state index in [0.717, 1.165) is 18.1 Å². The molecule has 1 heterocycles. The van der Waals surface area contributed by atoms with Gasteiger partial charge in [0.05, 0.1) is 6.61 Å². The molecule has 1 aliphatic heterocycles. The first-order chi connectivity index (χ1) is 7.97. The molecule has 0 spiro atoms. The van der Waals surface area contributed by atoms with Gasteiger partial charge in [0.25, 0.3) is 0 Å². The Morgan fingerprint density at radius 2 is 2.12 bits per heavy atom. The van der Waals surface area contributed by atoms with Gasteiger partial charge in [0.15, 0.2) is 0 Å². The highest BCUT2D eigenvalue weighted by atomic mass is 33.1. The zero-order valence-electron chi connectivity index (χ0n) is 11.2. The topological polar surface area (TPSA) is 26.3 Å². The summed E-state index contributed by atoms with van der Waals surface area (Å²) in [4.78, 5) is 11.5. The fourth-order valence-corrected chi connectivity index (χ4v) is 4.60. The van der Waals surface area contributed by atoms with Crippen LogP contribution < -0.4 is 0 Å². The van der Waals surface area contributed by atoms with E-state index in [1.807, 2.05) is 21.6 Å². The lowest BCUT2D eigenvalue weighted by Gasteiger charge is -2.17. The largest absolute Gasteiger partial charge is 0.465 e. The van der Waals surface area contributed by atoms with E-state index in [1.165, 1.54) is 18.6 Å². The minimum absolute atomic E-state index is 0.0339. The summed E-state index contributed by atoms with van der Waals surface area (Å²) >= 11 is 0. The molecule has 0 aromatic rings. The molecule has 1 fully saturated rings. The van der Waals surface area contributed by atoms with Gasteiger partial charge in [-0.3, -0.25) is 4.79 Å². The molecule has 1 unspecified atom stereocenters. The van der Waals surface area contributed by atoms with Gasteiger partial charge >= 0.3 is 5.97 Å². The Balaban J connectivity index is 1.96. The third-order valence-corrected chi connectivity index (χ3v) is 5.56. The van der Waals surface area contributed by atoms with Crippen molar-refractivity contribution in [3.05, 3.63) is 0 Å². The Labute approximate surface area is 113 Å². The van der Waals surface area contributed by atoms with E-state index in [4.69, 9.17) is 4.74 Å². The van der Waals surface area contributed by atoms with Gasteiger partial charge < -0.3 is 4.74 Å². The first-order valence-corrected chi connectivity index (χ1v) is 8.79. The average Bonchev–Trinajstić information content (AvgIpc) is 2.73. The molecule has 17 heavy (non-hydrogen) atoms. The molecule has 100 valence electrons. The van der Waals surface area contributed by atoms with Gasteiger partial charge in [0.1, 0.15) is 0 Å². The minimum Gasteiger partial charge on any atom is -0.465 e. The predicted molar refractivity (Wildman–Crippen MR) is 77.3 cm³/mol. The lowest BCUT2D eigenvalue weighted by molar-refractivity contribution is -0.146. The number of unbranched alkanes of at least 4 members (excludes halogenated alkanes) is 1. The number of hydrogen-bond donors (Lipinski definition) is 0. The van der Waals surface area contributed by atoms with E-state index in [0.29, 0.717) is 13.0 Å². The maximum Gasteiger partial charge on any atom is 0.305 e. The molecule has 0 aromatic carbocycles. The van der Waals surface area contributed by atoms with Crippen LogP contribution in [-0.2, 0) is 9.53 Å². The van der Waals surface area contributed by atoms with Crippen molar-refractivity contribution in [3.63, 3.8) is 0 Å². The molecule has 1 saturated heterocycles. The normalized spacial score (nSPS) is 20.5. The van der Waals surface area contributed by atoms with Crippen molar-refractivity contribution in [1.82, 2.24) is 0 Å². The molecular formula is C13H24O2S2. The summed E-state index contributed by atoms with van der Waals surface area (Å²) in [6, 6.07) is 0. The van der Waals surface area contributed by atoms with Gasteiger partial charge in [0.2, 0.25) is 0 Å². The first-order valence-electron chi connectivity index (χ1n) is 6.41. The predicted octanol–water partition coefficient (Wildman–Crippen LogP) is 4.29. The Hall–Kier alpha value is 0.170. The van der Waals surface area contributed by atoms with Crippen LogP contribution >= 0.6 is 21.6 Å². The van der Waals surface area contributed by atoms with Crippen LogP contribution in [0.15, 0.2) is 0 Å².